The van der Waals surface area contributed by atoms with Crippen molar-refractivity contribution in [3.05, 3.63) is 0 Å². The summed E-state index contributed by atoms with van der Waals surface area (Å²) in [4.78, 5) is 30.6. The van der Waals surface area contributed by atoms with Crippen LogP contribution < -0.4 is 0 Å². The Kier molecular flexibility index (Phi) is 20.4. The highest BCUT2D eigenvalue weighted by Crippen LogP contribution is 2.21. The topological polar surface area (TPSA) is 96.0 Å². The summed E-state index contributed by atoms with van der Waals surface area (Å²) in [6.45, 7) is 40.2. The van der Waals surface area contributed by atoms with E-state index >= 15 is 0 Å². The first kappa shape index (κ1) is 47.6. The van der Waals surface area contributed by atoms with Crippen LogP contribution in [0.2, 0.25) is 78.6 Å². The Bertz CT molecular complexity index is 871. The summed E-state index contributed by atoms with van der Waals surface area (Å²) in [7, 11) is -6.60. The molecule has 1 saturated heterocycles. The van der Waals surface area contributed by atoms with Gasteiger partial charge in [-0.05, 0) is 158 Å². The maximum Gasteiger partial charge on any atom is 0.348 e. The van der Waals surface area contributed by atoms with Gasteiger partial charge in [0.1, 0.15) is 0 Å². The molecule has 1 aliphatic heterocycles. The first-order valence-electron chi connectivity index (χ1n) is 19.3. The van der Waals surface area contributed by atoms with Crippen molar-refractivity contribution in [1.29, 1.82) is 0 Å². The average Bonchev–Trinajstić information content (AvgIpc) is 2.86. The van der Waals surface area contributed by atoms with Gasteiger partial charge in [-0.15, -0.1) is 0 Å². The van der Waals surface area contributed by atoms with Crippen LogP contribution in [-0.2, 0) is 36.8 Å². The largest absolute Gasteiger partial charge is 0.448 e. The smallest absolute Gasteiger partial charge is 0.348 e. The van der Waals surface area contributed by atoms with Crippen molar-refractivity contribution in [3.8, 4) is 0 Å². The third kappa shape index (κ3) is 24.0. The predicted molar refractivity (Wildman–Crippen MR) is 216 cm³/mol. The zero-order valence-electron chi connectivity index (χ0n) is 35.1. The molecule has 1 heterocycles. The van der Waals surface area contributed by atoms with E-state index in [9.17, 15) is 9.59 Å². The van der Waals surface area contributed by atoms with Gasteiger partial charge >= 0.3 is 11.9 Å². The molecule has 296 valence electrons. The number of esters is 2. The molecule has 0 saturated carbocycles. The van der Waals surface area contributed by atoms with Gasteiger partial charge in [0.25, 0.3) is 0 Å². The number of ether oxygens (including phenoxy) is 2. The number of carbonyl (C=O) groups excluding carboxylic acids is 2. The standard InChI is InChI=1S/C36H78N2O8Si4/c1-29(43-47(5,6)7)25-37(26-30(2)44-48(8,9)10)23-19-17-21-33-35(39)42-34(36(40)41-33)22-18-20-24-38(27-31(3)45-49(11,12)13)28-32(4)46-50(14,15)16/h29-34H,17-28H2,1-16H3/t29-,30-,31-,32?,33?,34?/m1/s1. The van der Waals surface area contributed by atoms with Gasteiger partial charge in [-0.3, -0.25) is 9.80 Å². The Hall–Kier alpha value is -0.432. The molecule has 1 rings (SSSR count). The minimum Gasteiger partial charge on any atom is -0.448 e. The van der Waals surface area contributed by atoms with Crippen molar-refractivity contribution in [1.82, 2.24) is 9.80 Å². The van der Waals surface area contributed by atoms with Crippen LogP contribution in [0.4, 0.5) is 0 Å². The van der Waals surface area contributed by atoms with E-state index in [1.165, 1.54) is 0 Å². The molecular weight excluding hydrogens is 701 g/mol. The van der Waals surface area contributed by atoms with Crippen molar-refractivity contribution < 1.29 is 36.8 Å². The lowest BCUT2D eigenvalue weighted by molar-refractivity contribution is -0.196. The second-order valence-corrected chi connectivity index (χ2v) is 36.4. The summed E-state index contributed by atoms with van der Waals surface area (Å²) < 4.78 is 36.6. The van der Waals surface area contributed by atoms with E-state index in [0.29, 0.717) is 12.8 Å². The highest BCUT2D eigenvalue weighted by Gasteiger charge is 2.37. The molecule has 1 aliphatic rings. The number of carbonyl (C=O) groups is 2. The molecule has 0 radical (unpaired) electrons. The second-order valence-electron chi connectivity index (χ2n) is 18.5. The van der Waals surface area contributed by atoms with Gasteiger partial charge in [-0.1, -0.05) is 0 Å². The van der Waals surface area contributed by atoms with Crippen LogP contribution in [0.5, 0.6) is 0 Å². The molecule has 0 aliphatic carbocycles. The highest BCUT2D eigenvalue weighted by molar-refractivity contribution is 6.70. The molecule has 0 amide bonds. The summed E-state index contributed by atoms with van der Waals surface area (Å²) in [6, 6.07) is 0. The van der Waals surface area contributed by atoms with E-state index in [4.69, 9.17) is 27.2 Å². The lowest BCUT2D eigenvalue weighted by Crippen LogP contribution is -2.45. The SMILES string of the molecule is CC(CN(CCCCC1OC(=O)C(CCCCN(C[C@@H](C)O[Si](C)(C)C)C[C@@H](C)O[Si](C)(C)C)OC1=O)C[C@@H](C)O[Si](C)(C)C)O[Si](C)(C)C. The monoisotopic (exact) mass is 778 g/mol. The molecular formula is C36H78N2O8Si4. The van der Waals surface area contributed by atoms with Crippen LogP contribution in [0.25, 0.3) is 0 Å². The Morgan fingerprint density at radius 3 is 0.940 bits per heavy atom. The van der Waals surface area contributed by atoms with Crippen LogP contribution in [0.3, 0.4) is 0 Å². The van der Waals surface area contributed by atoms with E-state index in [1.54, 1.807) is 0 Å². The van der Waals surface area contributed by atoms with Gasteiger partial charge in [0.05, 0.1) is 24.4 Å². The summed E-state index contributed by atoms with van der Waals surface area (Å²) in [6.07, 6.45) is 3.10. The zero-order valence-corrected chi connectivity index (χ0v) is 39.1. The lowest BCUT2D eigenvalue weighted by Gasteiger charge is -2.33. The zero-order chi connectivity index (χ0) is 38.5. The van der Waals surface area contributed by atoms with Crippen LogP contribution in [-0.4, -0.2) is 131 Å². The van der Waals surface area contributed by atoms with Crippen LogP contribution in [0.1, 0.15) is 66.2 Å². The third-order valence-electron chi connectivity index (χ3n) is 7.70. The molecule has 0 N–H and O–H groups in total. The van der Waals surface area contributed by atoms with Gasteiger partial charge in [0.15, 0.2) is 45.5 Å². The molecule has 0 aromatic rings. The summed E-state index contributed by atoms with van der Waals surface area (Å²) in [5.41, 5.74) is 0. The number of rotatable bonds is 26. The molecule has 50 heavy (non-hydrogen) atoms. The van der Waals surface area contributed by atoms with E-state index < -0.39 is 57.4 Å². The van der Waals surface area contributed by atoms with Gasteiger partial charge in [0.2, 0.25) is 0 Å². The highest BCUT2D eigenvalue weighted by atomic mass is 28.4. The first-order chi connectivity index (χ1) is 22.7. The van der Waals surface area contributed by atoms with Crippen molar-refractivity contribution in [2.75, 3.05) is 39.3 Å². The van der Waals surface area contributed by atoms with Gasteiger partial charge in [0, 0.05) is 26.2 Å². The lowest BCUT2D eigenvalue weighted by atomic mass is 10.1. The first-order valence-corrected chi connectivity index (χ1v) is 32.9. The fourth-order valence-corrected chi connectivity index (χ4v) is 11.9. The Morgan fingerprint density at radius 2 is 0.720 bits per heavy atom. The van der Waals surface area contributed by atoms with Gasteiger partial charge in [-0.2, -0.15) is 0 Å². The molecule has 14 heteroatoms. The minimum atomic E-state index is -1.65. The van der Waals surface area contributed by atoms with Crippen LogP contribution >= 0.6 is 0 Å². The molecule has 0 bridgehead atoms. The van der Waals surface area contributed by atoms with Crippen molar-refractivity contribution in [3.63, 3.8) is 0 Å². The molecule has 10 nitrogen and oxygen atoms in total. The fraction of sp³-hybridized carbons (Fsp3) is 0.944. The Labute approximate surface area is 311 Å². The Balaban J connectivity index is 2.61. The number of nitrogens with zero attached hydrogens (tertiary/aromatic N) is 2. The predicted octanol–water partition coefficient (Wildman–Crippen LogP) is 7.73. The van der Waals surface area contributed by atoms with Crippen molar-refractivity contribution >= 4 is 45.2 Å². The number of hydrogen-bond acceptors (Lipinski definition) is 10. The van der Waals surface area contributed by atoms with Crippen molar-refractivity contribution in [2.45, 2.75) is 181 Å². The number of hydrogen-bond donors (Lipinski definition) is 0. The quantitative estimate of drug-likeness (QED) is 0.0494. The van der Waals surface area contributed by atoms with E-state index in [2.05, 4.69) is 116 Å². The maximum atomic E-state index is 12.9. The third-order valence-corrected chi connectivity index (χ3v) is 12.1. The minimum absolute atomic E-state index is 0.134. The molecule has 3 unspecified atom stereocenters. The number of cyclic esters (lactones) is 2. The second kappa shape index (κ2) is 21.5. The van der Waals surface area contributed by atoms with E-state index in [0.717, 1.165) is 65.0 Å². The fourth-order valence-electron chi connectivity index (χ4n) is 6.74. The summed E-state index contributed by atoms with van der Waals surface area (Å²) >= 11 is 0. The molecule has 0 aromatic heterocycles. The molecule has 1 fully saturated rings. The van der Waals surface area contributed by atoms with E-state index in [1.807, 2.05) is 0 Å². The average molecular weight is 779 g/mol. The Morgan fingerprint density at radius 1 is 0.480 bits per heavy atom. The van der Waals surface area contributed by atoms with E-state index in [-0.39, 0.29) is 24.4 Å². The summed E-state index contributed by atoms with van der Waals surface area (Å²) in [5, 5.41) is 0. The van der Waals surface area contributed by atoms with Gasteiger partial charge in [-0.25, -0.2) is 9.59 Å². The van der Waals surface area contributed by atoms with Crippen molar-refractivity contribution in [2.24, 2.45) is 0 Å². The van der Waals surface area contributed by atoms with Gasteiger partial charge < -0.3 is 27.2 Å². The summed E-state index contributed by atoms with van der Waals surface area (Å²) in [5.74, 6) is -0.839. The number of unbranched alkanes of at least 4 members (excludes halogenated alkanes) is 2. The molecule has 0 aromatic carbocycles. The van der Waals surface area contributed by atoms with Crippen LogP contribution in [0.15, 0.2) is 0 Å². The molecule has 0 spiro atoms. The molecule has 6 atom stereocenters. The maximum absolute atomic E-state index is 12.9. The van der Waals surface area contributed by atoms with Crippen LogP contribution in [0, 0.1) is 0 Å². The normalized spacial score (nSPS) is 20.5.